The van der Waals surface area contributed by atoms with Crippen molar-refractivity contribution in [2.24, 2.45) is 10.4 Å². The molecule has 0 aliphatic carbocycles. The number of aliphatic hydroxyl groups excluding tert-OH is 1. The smallest absolute Gasteiger partial charge is 0.191 e. The molecule has 0 radical (unpaired) electrons. The highest BCUT2D eigenvalue weighted by Gasteiger charge is 2.34. The molecule has 3 N–H and O–H groups in total. The van der Waals surface area contributed by atoms with Gasteiger partial charge in [0.25, 0.3) is 0 Å². The molecule has 1 heterocycles. The number of halogens is 2. The molecule has 1 saturated heterocycles. The summed E-state index contributed by atoms with van der Waals surface area (Å²) in [4.78, 5) is 4.19. The molecule has 1 atom stereocenters. The lowest BCUT2D eigenvalue weighted by molar-refractivity contribution is 0.127. The summed E-state index contributed by atoms with van der Waals surface area (Å²) >= 11 is 3.29. The third-order valence-electron chi connectivity index (χ3n) is 4.06. The van der Waals surface area contributed by atoms with Crippen LogP contribution in [0, 0.1) is 11.2 Å². The van der Waals surface area contributed by atoms with Gasteiger partial charge < -0.3 is 20.5 Å². The zero-order valence-electron chi connectivity index (χ0n) is 13.2. The van der Waals surface area contributed by atoms with E-state index in [1.807, 2.05) is 6.07 Å². The number of aliphatic imine (C=N–C) groups is 1. The largest absolute Gasteiger partial charge is 0.396 e. The number of hydrogen-bond acceptors (Lipinski definition) is 3. The third-order valence-corrected chi connectivity index (χ3v) is 4.52. The Balaban J connectivity index is 1.88. The molecule has 0 amide bonds. The SMILES string of the molecule is CN=C(NCc1cc(F)cc(Br)c1)NCC1(CCO)CCOC1. The molecule has 1 aliphatic heterocycles. The highest BCUT2D eigenvalue weighted by molar-refractivity contribution is 9.10. The van der Waals surface area contributed by atoms with Crippen molar-refractivity contribution in [2.45, 2.75) is 19.4 Å². The number of rotatable bonds is 6. The summed E-state index contributed by atoms with van der Waals surface area (Å²) in [6.07, 6.45) is 1.63. The number of nitrogens with zero attached hydrogens (tertiary/aromatic N) is 1. The minimum Gasteiger partial charge on any atom is -0.396 e. The summed E-state index contributed by atoms with van der Waals surface area (Å²) in [6.45, 7) is 2.67. The Kier molecular flexibility index (Phi) is 6.80. The van der Waals surface area contributed by atoms with Gasteiger partial charge in [-0.1, -0.05) is 15.9 Å². The molecule has 2 rings (SSSR count). The van der Waals surface area contributed by atoms with Crippen LogP contribution < -0.4 is 10.6 Å². The van der Waals surface area contributed by atoms with E-state index < -0.39 is 0 Å². The topological polar surface area (TPSA) is 65.9 Å². The maximum absolute atomic E-state index is 13.4. The fourth-order valence-electron chi connectivity index (χ4n) is 2.70. The van der Waals surface area contributed by atoms with Crippen LogP contribution in [0.5, 0.6) is 0 Å². The maximum Gasteiger partial charge on any atom is 0.191 e. The van der Waals surface area contributed by atoms with E-state index in [1.165, 1.54) is 12.1 Å². The van der Waals surface area contributed by atoms with Gasteiger partial charge in [0.15, 0.2) is 5.96 Å². The molecule has 0 aromatic heterocycles. The first-order valence-corrected chi connectivity index (χ1v) is 8.44. The number of hydrogen-bond donors (Lipinski definition) is 3. The summed E-state index contributed by atoms with van der Waals surface area (Å²) in [5.41, 5.74) is 0.780. The summed E-state index contributed by atoms with van der Waals surface area (Å²) in [7, 11) is 1.70. The van der Waals surface area contributed by atoms with E-state index >= 15 is 0 Å². The Labute approximate surface area is 144 Å². The lowest BCUT2D eigenvalue weighted by atomic mass is 9.84. The van der Waals surface area contributed by atoms with E-state index in [-0.39, 0.29) is 17.8 Å². The van der Waals surface area contributed by atoms with Crippen molar-refractivity contribution in [1.29, 1.82) is 0 Å². The van der Waals surface area contributed by atoms with Crippen LogP contribution in [0.1, 0.15) is 18.4 Å². The number of aliphatic hydroxyl groups is 1. The molecule has 5 nitrogen and oxygen atoms in total. The van der Waals surface area contributed by atoms with Gasteiger partial charge in [-0.15, -0.1) is 0 Å². The van der Waals surface area contributed by atoms with Gasteiger partial charge in [0.1, 0.15) is 5.82 Å². The summed E-state index contributed by atoms with van der Waals surface area (Å²) in [5, 5.41) is 15.7. The number of nitrogens with one attached hydrogen (secondary N) is 2. The lowest BCUT2D eigenvalue weighted by Gasteiger charge is -2.27. The molecule has 1 fully saturated rings. The molecule has 1 unspecified atom stereocenters. The normalized spacial score (nSPS) is 21.5. The van der Waals surface area contributed by atoms with E-state index in [0.717, 1.165) is 18.6 Å². The Morgan fingerprint density at radius 3 is 2.87 bits per heavy atom. The van der Waals surface area contributed by atoms with E-state index in [9.17, 15) is 9.50 Å². The molecule has 23 heavy (non-hydrogen) atoms. The maximum atomic E-state index is 13.4. The van der Waals surface area contributed by atoms with Crippen molar-refractivity contribution >= 4 is 21.9 Å². The Bertz CT molecular complexity index is 528. The van der Waals surface area contributed by atoms with Crippen molar-refractivity contribution in [3.8, 4) is 0 Å². The van der Waals surface area contributed by atoms with Crippen LogP contribution in [-0.4, -0.2) is 44.5 Å². The Morgan fingerprint density at radius 2 is 2.26 bits per heavy atom. The monoisotopic (exact) mass is 387 g/mol. The Hall–Kier alpha value is -1.18. The highest BCUT2D eigenvalue weighted by atomic mass is 79.9. The van der Waals surface area contributed by atoms with Crippen LogP contribution in [0.2, 0.25) is 0 Å². The number of ether oxygens (including phenoxy) is 1. The number of benzene rings is 1. The van der Waals surface area contributed by atoms with Crippen molar-refractivity contribution < 1.29 is 14.2 Å². The first kappa shape index (κ1) is 18.2. The molecule has 0 bridgehead atoms. The molecule has 1 aromatic carbocycles. The molecule has 7 heteroatoms. The van der Waals surface area contributed by atoms with Gasteiger partial charge in [-0.25, -0.2) is 4.39 Å². The quantitative estimate of drug-likeness (QED) is 0.516. The van der Waals surface area contributed by atoms with Gasteiger partial charge >= 0.3 is 0 Å². The van der Waals surface area contributed by atoms with Crippen LogP contribution in [0.4, 0.5) is 4.39 Å². The third kappa shape index (κ3) is 5.44. The predicted molar refractivity (Wildman–Crippen MR) is 91.9 cm³/mol. The molecule has 0 saturated carbocycles. The molecule has 128 valence electrons. The van der Waals surface area contributed by atoms with Gasteiger partial charge in [-0.3, -0.25) is 4.99 Å². The van der Waals surface area contributed by atoms with Crippen molar-refractivity contribution in [2.75, 3.05) is 33.4 Å². The van der Waals surface area contributed by atoms with E-state index in [0.29, 0.717) is 36.5 Å². The fraction of sp³-hybridized carbons (Fsp3) is 0.562. The first-order valence-electron chi connectivity index (χ1n) is 7.65. The van der Waals surface area contributed by atoms with Crippen molar-refractivity contribution in [3.05, 3.63) is 34.1 Å². The van der Waals surface area contributed by atoms with Crippen LogP contribution in [-0.2, 0) is 11.3 Å². The second kappa shape index (κ2) is 8.61. The van der Waals surface area contributed by atoms with E-state index in [2.05, 4.69) is 31.6 Å². The standard InChI is InChI=1S/C16H23BrFN3O2/c1-19-15(20-9-12-6-13(17)8-14(18)7-12)21-10-16(2-4-22)3-5-23-11-16/h6-8,22H,2-5,9-11H2,1H3,(H2,19,20,21). The van der Waals surface area contributed by atoms with E-state index in [4.69, 9.17) is 4.74 Å². The predicted octanol–water partition coefficient (Wildman–Crippen LogP) is 2.04. The first-order chi connectivity index (χ1) is 11.1. The van der Waals surface area contributed by atoms with Crippen molar-refractivity contribution in [1.82, 2.24) is 10.6 Å². The molecule has 1 aliphatic rings. The molecule has 1 aromatic rings. The van der Waals surface area contributed by atoms with Gasteiger partial charge in [-0.2, -0.15) is 0 Å². The van der Waals surface area contributed by atoms with Gasteiger partial charge in [0.2, 0.25) is 0 Å². The van der Waals surface area contributed by atoms with Crippen LogP contribution >= 0.6 is 15.9 Å². The minimum atomic E-state index is -0.274. The average molecular weight is 388 g/mol. The van der Waals surface area contributed by atoms with Crippen LogP contribution in [0.25, 0.3) is 0 Å². The average Bonchev–Trinajstić information content (AvgIpc) is 2.96. The molecular formula is C16H23BrFN3O2. The summed E-state index contributed by atoms with van der Waals surface area (Å²) in [6, 6.07) is 4.78. The second-order valence-corrected chi connectivity index (χ2v) is 6.75. The van der Waals surface area contributed by atoms with Gasteiger partial charge in [-0.05, 0) is 36.6 Å². The minimum absolute atomic E-state index is 0.0474. The van der Waals surface area contributed by atoms with Crippen LogP contribution in [0.15, 0.2) is 27.7 Å². The fourth-order valence-corrected chi connectivity index (χ4v) is 3.22. The zero-order valence-corrected chi connectivity index (χ0v) is 14.8. The second-order valence-electron chi connectivity index (χ2n) is 5.83. The van der Waals surface area contributed by atoms with E-state index in [1.54, 1.807) is 7.05 Å². The van der Waals surface area contributed by atoms with Gasteiger partial charge in [0.05, 0.1) is 6.61 Å². The zero-order chi connectivity index (χ0) is 16.7. The lowest BCUT2D eigenvalue weighted by Crippen LogP contribution is -2.44. The van der Waals surface area contributed by atoms with Gasteiger partial charge in [0, 0.05) is 43.2 Å². The summed E-state index contributed by atoms with van der Waals surface area (Å²) < 4.78 is 19.6. The molecular weight excluding hydrogens is 365 g/mol. The van der Waals surface area contributed by atoms with Crippen LogP contribution in [0.3, 0.4) is 0 Å². The summed E-state index contributed by atoms with van der Waals surface area (Å²) in [5.74, 6) is 0.374. The molecule has 0 spiro atoms. The Morgan fingerprint density at radius 1 is 1.43 bits per heavy atom. The highest BCUT2D eigenvalue weighted by Crippen LogP contribution is 2.31. The number of guanidine groups is 1. The van der Waals surface area contributed by atoms with Crippen molar-refractivity contribution in [3.63, 3.8) is 0 Å².